The van der Waals surface area contributed by atoms with Crippen molar-refractivity contribution < 1.29 is 52.3 Å². The zero-order valence-corrected chi connectivity index (χ0v) is 24.1. The van der Waals surface area contributed by atoms with Gasteiger partial charge in [-0.05, 0) is 56.2 Å². The number of carbonyl (C=O) groups excluding carboxylic acids is 4. The Labute approximate surface area is 235 Å². The molecule has 0 aromatic heterocycles. The number of benzene rings is 1. The number of ether oxygens (including phenoxy) is 7. The molecule has 0 saturated heterocycles. The monoisotopic (exact) mass is 569 g/mol. The van der Waals surface area contributed by atoms with Crippen LogP contribution in [0.5, 0.6) is 11.5 Å². The maximum atomic E-state index is 12.4. The molecular formula is C28H43NO11. The van der Waals surface area contributed by atoms with Gasteiger partial charge in [0.2, 0.25) is 0 Å². The van der Waals surface area contributed by atoms with Crippen LogP contribution < -0.4 is 15.2 Å². The Bertz CT molecular complexity index is 935. The lowest BCUT2D eigenvalue weighted by Crippen LogP contribution is -2.36. The zero-order valence-electron chi connectivity index (χ0n) is 24.1. The predicted octanol–water partition coefficient (Wildman–Crippen LogP) is 5.32. The van der Waals surface area contributed by atoms with Gasteiger partial charge in [-0.3, -0.25) is 4.79 Å². The molecule has 12 nitrogen and oxygen atoms in total. The van der Waals surface area contributed by atoms with Crippen molar-refractivity contribution in [2.24, 2.45) is 11.7 Å². The van der Waals surface area contributed by atoms with Crippen molar-refractivity contribution in [3.8, 4) is 11.5 Å². The summed E-state index contributed by atoms with van der Waals surface area (Å²) in [6, 6.07) is 3.27. The van der Waals surface area contributed by atoms with Crippen LogP contribution in [0.25, 0.3) is 0 Å². The fourth-order valence-electron chi connectivity index (χ4n) is 2.94. The van der Waals surface area contributed by atoms with E-state index in [9.17, 15) is 19.2 Å². The third kappa shape index (κ3) is 15.2. The van der Waals surface area contributed by atoms with E-state index in [2.05, 4.69) is 0 Å². The van der Waals surface area contributed by atoms with Gasteiger partial charge >= 0.3 is 24.4 Å². The Morgan fingerprint density at radius 3 is 1.93 bits per heavy atom. The number of esters is 1. The van der Waals surface area contributed by atoms with E-state index in [0.29, 0.717) is 30.7 Å². The molecule has 1 aromatic rings. The van der Waals surface area contributed by atoms with E-state index in [1.54, 1.807) is 13.0 Å². The summed E-state index contributed by atoms with van der Waals surface area (Å²) in [7, 11) is 0. The Kier molecular flexibility index (Phi) is 16.8. The average Bonchev–Trinajstić information content (AvgIpc) is 2.88. The van der Waals surface area contributed by atoms with Crippen molar-refractivity contribution in [2.75, 3.05) is 26.4 Å². The number of unbranched alkanes of at least 4 members (excludes halogenated alkanes) is 2. The molecule has 0 radical (unpaired) electrons. The van der Waals surface area contributed by atoms with E-state index in [1.165, 1.54) is 12.1 Å². The number of hydrogen-bond donors (Lipinski definition) is 1. The van der Waals surface area contributed by atoms with Gasteiger partial charge in [0.15, 0.2) is 11.5 Å². The van der Waals surface area contributed by atoms with Crippen LogP contribution in [-0.2, 0) is 34.9 Å². The Morgan fingerprint density at radius 1 is 0.775 bits per heavy atom. The SMILES string of the molecule is CCCCOC(=O)Oc1ccc(C[C@H](N)C(=O)OC[C@H](C)OC(=O)OCCC(C)C)cc1OC(=O)OCCCC. The standard InChI is InChI=1S/C28H43NO11/c1-6-8-13-34-27(32)39-23-11-10-21(17-24(23)40-28(33)35-14-9-7-2)16-22(29)25(30)37-18-20(5)38-26(31)36-15-12-19(3)4/h10-11,17,19-20,22H,6-9,12-16,18,29H2,1-5H3/t20-,22-/m0/s1. The van der Waals surface area contributed by atoms with E-state index < -0.39 is 36.6 Å². The van der Waals surface area contributed by atoms with Crippen LogP contribution in [-0.4, -0.2) is 63.0 Å². The maximum absolute atomic E-state index is 12.4. The summed E-state index contributed by atoms with van der Waals surface area (Å²) >= 11 is 0. The minimum atomic E-state index is -1.08. The molecule has 2 atom stereocenters. The van der Waals surface area contributed by atoms with Gasteiger partial charge < -0.3 is 38.9 Å². The van der Waals surface area contributed by atoms with Gasteiger partial charge in [0.25, 0.3) is 0 Å². The summed E-state index contributed by atoms with van der Waals surface area (Å²) in [5.41, 5.74) is 6.50. The summed E-state index contributed by atoms with van der Waals surface area (Å²) in [6.45, 7) is 9.83. The van der Waals surface area contributed by atoms with Crippen molar-refractivity contribution in [3.63, 3.8) is 0 Å². The number of carbonyl (C=O) groups is 4. The van der Waals surface area contributed by atoms with Crippen molar-refractivity contribution in [2.45, 2.75) is 85.3 Å². The molecule has 0 fully saturated rings. The summed E-state index contributed by atoms with van der Waals surface area (Å²) in [6.07, 6.45) is 0.178. The smallest absolute Gasteiger partial charge is 0.461 e. The number of hydrogen-bond acceptors (Lipinski definition) is 12. The second kappa shape index (κ2) is 19.5. The van der Waals surface area contributed by atoms with E-state index in [4.69, 9.17) is 38.9 Å². The molecule has 1 aromatic carbocycles. The van der Waals surface area contributed by atoms with Gasteiger partial charge in [-0.15, -0.1) is 0 Å². The van der Waals surface area contributed by atoms with Crippen LogP contribution in [0, 0.1) is 5.92 Å². The molecule has 0 unspecified atom stereocenters. The van der Waals surface area contributed by atoms with Gasteiger partial charge in [0.1, 0.15) is 18.8 Å². The first kappa shape index (κ1) is 34.5. The molecule has 0 bridgehead atoms. The molecule has 0 aliphatic carbocycles. The Hall–Kier alpha value is -3.54. The van der Waals surface area contributed by atoms with Crippen LogP contribution >= 0.6 is 0 Å². The number of nitrogens with two attached hydrogens (primary N) is 1. The minimum Gasteiger partial charge on any atom is -0.461 e. The average molecular weight is 570 g/mol. The van der Waals surface area contributed by atoms with Crippen LogP contribution in [0.4, 0.5) is 14.4 Å². The Morgan fingerprint density at radius 2 is 1.35 bits per heavy atom. The Balaban J connectivity index is 2.75. The van der Waals surface area contributed by atoms with Gasteiger partial charge in [0, 0.05) is 0 Å². The highest BCUT2D eigenvalue weighted by Crippen LogP contribution is 2.30. The molecule has 0 amide bonds. The molecule has 2 N–H and O–H groups in total. The van der Waals surface area contributed by atoms with Crippen LogP contribution in [0.3, 0.4) is 0 Å². The van der Waals surface area contributed by atoms with Gasteiger partial charge in [-0.25, -0.2) is 14.4 Å². The summed E-state index contributed by atoms with van der Waals surface area (Å²) in [5, 5.41) is 0. The van der Waals surface area contributed by atoms with Crippen molar-refractivity contribution in [1.29, 1.82) is 0 Å². The largest absolute Gasteiger partial charge is 0.513 e. The van der Waals surface area contributed by atoms with Crippen LogP contribution in [0.1, 0.15) is 72.3 Å². The summed E-state index contributed by atoms with van der Waals surface area (Å²) in [4.78, 5) is 48.3. The molecule has 0 heterocycles. The van der Waals surface area contributed by atoms with Gasteiger partial charge in [-0.2, -0.15) is 0 Å². The third-order valence-electron chi connectivity index (χ3n) is 5.26. The highest BCUT2D eigenvalue weighted by atomic mass is 16.7. The van der Waals surface area contributed by atoms with Crippen molar-refractivity contribution >= 4 is 24.4 Å². The first-order chi connectivity index (χ1) is 19.0. The highest BCUT2D eigenvalue weighted by Gasteiger charge is 2.21. The highest BCUT2D eigenvalue weighted by molar-refractivity contribution is 5.76. The lowest BCUT2D eigenvalue weighted by Gasteiger charge is -2.17. The van der Waals surface area contributed by atoms with Crippen molar-refractivity contribution in [1.82, 2.24) is 0 Å². The summed E-state index contributed by atoms with van der Waals surface area (Å²) in [5.74, 6) is -0.527. The first-order valence-electron chi connectivity index (χ1n) is 13.6. The summed E-state index contributed by atoms with van der Waals surface area (Å²) < 4.78 is 35.6. The van der Waals surface area contributed by atoms with E-state index in [-0.39, 0.29) is 44.3 Å². The van der Waals surface area contributed by atoms with Gasteiger partial charge in [-0.1, -0.05) is 46.6 Å². The van der Waals surface area contributed by atoms with Crippen molar-refractivity contribution in [3.05, 3.63) is 23.8 Å². The maximum Gasteiger partial charge on any atom is 0.513 e. The van der Waals surface area contributed by atoms with Gasteiger partial charge in [0.05, 0.1) is 19.8 Å². The molecular weight excluding hydrogens is 526 g/mol. The number of rotatable bonds is 17. The molecule has 12 heteroatoms. The predicted molar refractivity (Wildman–Crippen MR) is 144 cm³/mol. The third-order valence-corrected chi connectivity index (χ3v) is 5.26. The van der Waals surface area contributed by atoms with E-state index in [1.807, 2.05) is 27.7 Å². The molecule has 0 spiro atoms. The van der Waals surface area contributed by atoms with E-state index in [0.717, 1.165) is 12.8 Å². The van der Waals surface area contributed by atoms with E-state index >= 15 is 0 Å². The molecule has 40 heavy (non-hydrogen) atoms. The first-order valence-corrected chi connectivity index (χ1v) is 13.6. The topological polar surface area (TPSA) is 159 Å². The lowest BCUT2D eigenvalue weighted by molar-refractivity contribution is -0.148. The lowest BCUT2D eigenvalue weighted by atomic mass is 10.1. The second-order valence-electron chi connectivity index (χ2n) is 9.54. The molecule has 0 aliphatic heterocycles. The molecule has 0 saturated carbocycles. The second-order valence-corrected chi connectivity index (χ2v) is 9.54. The molecule has 0 aliphatic rings. The zero-order chi connectivity index (χ0) is 29.9. The van der Waals surface area contributed by atoms with Crippen LogP contribution in [0.2, 0.25) is 0 Å². The fraction of sp³-hybridized carbons (Fsp3) is 0.643. The molecule has 1 rings (SSSR count). The minimum absolute atomic E-state index is 0.00772. The van der Waals surface area contributed by atoms with Crippen LogP contribution in [0.15, 0.2) is 18.2 Å². The normalized spacial score (nSPS) is 12.2. The fourth-order valence-corrected chi connectivity index (χ4v) is 2.94. The quantitative estimate of drug-likeness (QED) is 0.111. The molecule has 226 valence electrons.